The predicted octanol–water partition coefficient (Wildman–Crippen LogP) is 2.64. The van der Waals surface area contributed by atoms with E-state index in [4.69, 9.17) is 5.73 Å². The molecule has 96 valence electrons. The molecule has 0 aliphatic carbocycles. The Hall–Kier alpha value is -1.90. The highest BCUT2D eigenvalue weighted by Crippen LogP contribution is 2.10. The second kappa shape index (κ2) is 8.23. The van der Waals surface area contributed by atoms with Crippen LogP contribution < -0.4 is 5.73 Å². The monoisotopic (exact) mass is 244 g/mol. The van der Waals surface area contributed by atoms with Crippen molar-refractivity contribution >= 4 is 5.91 Å². The molecule has 1 amide bonds. The fourth-order valence-corrected chi connectivity index (χ4v) is 1.67. The Morgan fingerprint density at radius 3 is 3.00 bits per heavy atom. The number of pyridine rings is 1. The summed E-state index contributed by atoms with van der Waals surface area (Å²) in [5.74, 6) is 0.0862. The molecule has 0 fully saturated rings. The number of rotatable bonds is 7. The minimum Gasteiger partial charge on any atom is -0.366 e. The van der Waals surface area contributed by atoms with Gasteiger partial charge in [-0.1, -0.05) is 31.2 Å². The first-order chi connectivity index (χ1) is 8.68. The van der Waals surface area contributed by atoms with Gasteiger partial charge in [-0.25, -0.2) is 0 Å². The van der Waals surface area contributed by atoms with Gasteiger partial charge in [0.25, 0.3) is 0 Å². The minimum absolute atomic E-state index is 0.413. The molecule has 0 radical (unpaired) electrons. The Bertz CT molecular complexity index is 410. The Morgan fingerprint density at radius 1 is 1.50 bits per heavy atom. The van der Waals surface area contributed by atoms with Gasteiger partial charge in [-0.05, 0) is 36.8 Å². The number of aromatic nitrogens is 1. The van der Waals surface area contributed by atoms with Gasteiger partial charge in [-0.3, -0.25) is 9.78 Å². The van der Waals surface area contributed by atoms with Crippen molar-refractivity contribution in [1.29, 1.82) is 0 Å². The first-order valence-electron chi connectivity index (χ1n) is 6.21. The number of hydrogen-bond acceptors (Lipinski definition) is 2. The largest absolute Gasteiger partial charge is 0.366 e. The Labute approximate surface area is 108 Å². The topological polar surface area (TPSA) is 56.0 Å². The fourth-order valence-electron chi connectivity index (χ4n) is 1.67. The third-order valence-corrected chi connectivity index (χ3v) is 2.66. The highest BCUT2D eigenvalue weighted by Gasteiger charge is 1.98. The van der Waals surface area contributed by atoms with Crippen molar-refractivity contribution in [1.82, 2.24) is 4.98 Å². The van der Waals surface area contributed by atoms with Crippen LogP contribution >= 0.6 is 0 Å². The molecule has 3 heteroatoms. The number of amides is 1. The van der Waals surface area contributed by atoms with E-state index in [1.807, 2.05) is 18.3 Å². The third kappa shape index (κ3) is 6.63. The highest BCUT2D eigenvalue weighted by molar-refractivity contribution is 5.85. The molecule has 1 atom stereocenters. The van der Waals surface area contributed by atoms with Crippen molar-refractivity contribution < 1.29 is 4.79 Å². The maximum absolute atomic E-state index is 10.5. The second-order valence-electron chi connectivity index (χ2n) is 4.38. The van der Waals surface area contributed by atoms with E-state index in [0.29, 0.717) is 5.92 Å². The van der Waals surface area contributed by atoms with Crippen LogP contribution in [0.15, 0.2) is 48.8 Å². The maximum atomic E-state index is 10.5. The number of primary amides is 1. The molecule has 2 N–H and O–H groups in total. The lowest BCUT2D eigenvalue weighted by atomic mass is 10.0. The molecule has 1 rings (SSSR count). The quantitative estimate of drug-likeness (QED) is 0.592. The molecule has 1 aromatic rings. The Balaban J connectivity index is 2.21. The number of nitrogens with zero attached hydrogens (tertiary/aromatic N) is 1. The first-order valence-corrected chi connectivity index (χ1v) is 6.21. The van der Waals surface area contributed by atoms with Gasteiger partial charge in [0.05, 0.1) is 0 Å². The summed E-state index contributed by atoms with van der Waals surface area (Å²) < 4.78 is 0. The molecule has 1 heterocycles. The zero-order chi connectivity index (χ0) is 13.2. The van der Waals surface area contributed by atoms with E-state index in [1.165, 1.54) is 11.6 Å². The second-order valence-corrected chi connectivity index (χ2v) is 4.38. The molecule has 0 aromatic carbocycles. The maximum Gasteiger partial charge on any atom is 0.241 e. The zero-order valence-electron chi connectivity index (χ0n) is 10.8. The zero-order valence-corrected chi connectivity index (χ0v) is 10.8. The van der Waals surface area contributed by atoms with E-state index in [1.54, 1.807) is 12.3 Å². The molecule has 0 aliphatic heterocycles. The average Bonchev–Trinajstić information content (AvgIpc) is 2.36. The van der Waals surface area contributed by atoms with Crippen LogP contribution in [0.1, 0.15) is 25.3 Å². The molecule has 1 aromatic heterocycles. The van der Waals surface area contributed by atoms with Crippen molar-refractivity contribution in [2.24, 2.45) is 11.7 Å². The number of nitrogens with two attached hydrogens (primary N) is 1. The van der Waals surface area contributed by atoms with E-state index in [-0.39, 0.29) is 0 Å². The van der Waals surface area contributed by atoms with Crippen LogP contribution in [-0.4, -0.2) is 10.9 Å². The summed E-state index contributed by atoms with van der Waals surface area (Å²) in [5.41, 5.74) is 6.27. The van der Waals surface area contributed by atoms with E-state index in [2.05, 4.69) is 24.1 Å². The van der Waals surface area contributed by atoms with Gasteiger partial charge >= 0.3 is 0 Å². The van der Waals surface area contributed by atoms with E-state index >= 15 is 0 Å². The normalized spacial score (nSPS) is 13.2. The molecule has 0 saturated heterocycles. The lowest BCUT2D eigenvalue weighted by molar-refractivity contribution is -0.113. The van der Waals surface area contributed by atoms with Gasteiger partial charge in [-0.15, -0.1) is 0 Å². The summed E-state index contributed by atoms with van der Waals surface area (Å²) in [4.78, 5) is 14.6. The Morgan fingerprint density at radius 2 is 2.33 bits per heavy atom. The molecule has 1 unspecified atom stereocenters. The third-order valence-electron chi connectivity index (χ3n) is 2.66. The van der Waals surface area contributed by atoms with Gasteiger partial charge in [0, 0.05) is 18.5 Å². The Kier molecular flexibility index (Phi) is 6.47. The van der Waals surface area contributed by atoms with Crippen LogP contribution in [0.4, 0.5) is 0 Å². The highest BCUT2D eigenvalue weighted by atomic mass is 16.1. The van der Waals surface area contributed by atoms with Gasteiger partial charge in [0.1, 0.15) is 0 Å². The van der Waals surface area contributed by atoms with Gasteiger partial charge in [-0.2, -0.15) is 0 Å². The van der Waals surface area contributed by atoms with Crippen LogP contribution in [0.5, 0.6) is 0 Å². The minimum atomic E-state index is -0.413. The summed E-state index contributed by atoms with van der Waals surface area (Å²) in [6.07, 6.45) is 14.0. The van der Waals surface area contributed by atoms with Crippen LogP contribution in [0.2, 0.25) is 0 Å². The molecule has 3 nitrogen and oxygen atoms in total. The number of hydrogen-bond donors (Lipinski definition) is 1. The van der Waals surface area contributed by atoms with E-state index < -0.39 is 5.91 Å². The summed E-state index contributed by atoms with van der Waals surface area (Å²) in [6, 6.07) is 4.07. The average molecular weight is 244 g/mol. The smallest absolute Gasteiger partial charge is 0.241 e. The van der Waals surface area contributed by atoms with Crippen LogP contribution in [-0.2, 0) is 11.2 Å². The summed E-state index contributed by atoms with van der Waals surface area (Å²) in [6.45, 7) is 2.16. The number of carbonyl (C=O) groups excluding carboxylic acids is 1. The van der Waals surface area contributed by atoms with Crippen molar-refractivity contribution in [3.05, 3.63) is 54.4 Å². The molecular weight excluding hydrogens is 224 g/mol. The lowest BCUT2D eigenvalue weighted by Gasteiger charge is -2.05. The fraction of sp³-hybridized carbons (Fsp3) is 0.333. The van der Waals surface area contributed by atoms with Crippen LogP contribution in [0, 0.1) is 5.92 Å². The van der Waals surface area contributed by atoms with Gasteiger partial charge in [0.15, 0.2) is 0 Å². The van der Waals surface area contributed by atoms with Crippen molar-refractivity contribution in [3.63, 3.8) is 0 Å². The van der Waals surface area contributed by atoms with E-state index in [9.17, 15) is 4.79 Å². The van der Waals surface area contributed by atoms with Crippen molar-refractivity contribution in [2.75, 3.05) is 0 Å². The molecular formula is C15H20N2O. The molecule has 18 heavy (non-hydrogen) atoms. The standard InChI is InChI=1S/C15H20N2O/c1-13(6-2-3-10-15(16)18)7-4-8-14-9-5-11-17-12-14/h2-3,5-6,9-13H,4,7-8H2,1H3,(H2,16,18). The summed E-state index contributed by atoms with van der Waals surface area (Å²) in [5, 5.41) is 0. The number of carbonyl (C=O) groups is 1. The predicted molar refractivity (Wildman–Crippen MR) is 73.8 cm³/mol. The number of aryl methyl sites for hydroxylation is 1. The van der Waals surface area contributed by atoms with Crippen molar-refractivity contribution in [2.45, 2.75) is 26.2 Å². The first kappa shape index (κ1) is 14.2. The van der Waals surface area contributed by atoms with Crippen molar-refractivity contribution in [3.8, 4) is 0 Å². The van der Waals surface area contributed by atoms with E-state index in [0.717, 1.165) is 19.3 Å². The molecule has 0 aliphatic rings. The van der Waals surface area contributed by atoms with Gasteiger partial charge in [0.2, 0.25) is 5.91 Å². The van der Waals surface area contributed by atoms with Crippen LogP contribution in [0.25, 0.3) is 0 Å². The van der Waals surface area contributed by atoms with Gasteiger partial charge < -0.3 is 5.73 Å². The summed E-state index contributed by atoms with van der Waals surface area (Å²) in [7, 11) is 0. The SMILES string of the molecule is CC(C=CC=CC(N)=O)CCCc1cccnc1. The molecule has 0 spiro atoms. The summed E-state index contributed by atoms with van der Waals surface area (Å²) >= 11 is 0. The molecule has 0 saturated carbocycles. The molecule has 0 bridgehead atoms. The lowest BCUT2D eigenvalue weighted by Crippen LogP contribution is -2.04. The number of allylic oxidation sites excluding steroid dienone is 3. The van der Waals surface area contributed by atoms with Crippen LogP contribution in [0.3, 0.4) is 0 Å².